The number of nitrogens with one attached hydrogen (secondary N) is 1. The molecule has 2 rings (SSSR count). The van der Waals surface area contributed by atoms with Gasteiger partial charge in [-0.1, -0.05) is 12.1 Å². The van der Waals surface area contributed by atoms with Crippen LogP contribution in [0, 0.1) is 11.3 Å². The molecule has 0 atom stereocenters. The van der Waals surface area contributed by atoms with Crippen molar-refractivity contribution in [2.45, 2.75) is 25.8 Å². The van der Waals surface area contributed by atoms with Gasteiger partial charge in [-0.15, -0.1) is 0 Å². The molecule has 3 nitrogen and oxygen atoms in total. The van der Waals surface area contributed by atoms with E-state index in [4.69, 9.17) is 0 Å². The number of para-hydroxylation sites is 1. The van der Waals surface area contributed by atoms with Gasteiger partial charge in [-0.25, -0.2) is 0 Å². The average Bonchev–Trinajstić information content (AvgIpc) is 2.50. The third-order valence-corrected chi connectivity index (χ3v) is 3.34. The van der Waals surface area contributed by atoms with E-state index < -0.39 is 0 Å². The van der Waals surface area contributed by atoms with Crippen molar-refractivity contribution < 1.29 is 0 Å². The molecule has 17 heavy (non-hydrogen) atoms. The summed E-state index contributed by atoms with van der Waals surface area (Å²) in [5.41, 5.74) is 1.87. The van der Waals surface area contributed by atoms with Crippen molar-refractivity contribution >= 4 is 5.69 Å². The molecule has 3 heteroatoms. The topological polar surface area (TPSA) is 39.1 Å². The van der Waals surface area contributed by atoms with Crippen molar-refractivity contribution in [3.05, 3.63) is 29.8 Å². The van der Waals surface area contributed by atoms with Gasteiger partial charge in [0.2, 0.25) is 0 Å². The summed E-state index contributed by atoms with van der Waals surface area (Å²) in [5, 5.41) is 12.6. The van der Waals surface area contributed by atoms with Crippen molar-refractivity contribution in [3.63, 3.8) is 0 Å². The summed E-state index contributed by atoms with van der Waals surface area (Å²) >= 11 is 0. The fourth-order valence-corrected chi connectivity index (χ4v) is 2.40. The highest BCUT2D eigenvalue weighted by atomic mass is 15.2. The minimum Gasteiger partial charge on any atom is -0.364 e. The predicted molar refractivity (Wildman–Crippen MR) is 70.1 cm³/mol. The van der Waals surface area contributed by atoms with Crippen molar-refractivity contribution in [1.82, 2.24) is 5.32 Å². The minimum atomic E-state index is 0.0451. The number of nitrogens with zero attached hydrogens (tertiary/aromatic N) is 2. The largest absolute Gasteiger partial charge is 0.364 e. The van der Waals surface area contributed by atoms with Crippen LogP contribution in [0.4, 0.5) is 5.69 Å². The van der Waals surface area contributed by atoms with Crippen LogP contribution in [0.25, 0.3) is 0 Å². The van der Waals surface area contributed by atoms with Crippen molar-refractivity contribution in [1.29, 1.82) is 5.26 Å². The van der Waals surface area contributed by atoms with Gasteiger partial charge in [0.15, 0.2) is 0 Å². The lowest BCUT2D eigenvalue weighted by molar-refractivity contribution is 0.462. The highest BCUT2D eigenvalue weighted by Crippen LogP contribution is 2.28. The van der Waals surface area contributed by atoms with Gasteiger partial charge in [0.05, 0.1) is 11.3 Å². The smallest absolute Gasteiger partial charge is 0.101 e. The maximum atomic E-state index is 9.20. The van der Waals surface area contributed by atoms with Gasteiger partial charge in [0.25, 0.3) is 0 Å². The molecule has 1 aliphatic heterocycles. The van der Waals surface area contributed by atoms with E-state index in [1.54, 1.807) is 0 Å². The van der Waals surface area contributed by atoms with Crippen LogP contribution < -0.4 is 10.2 Å². The zero-order chi connectivity index (χ0) is 12.3. The number of hydrogen-bond donors (Lipinski definition) is 1. The van der Waals surface area contributed by atoms with Crippen LogP contribution in [0.5, 0.6) is 0 Å². The molecule has 0 unspecified atom stereocenters. The van der Waals surface area contributed by atoms with Crippen LogP contribution in [0.2, 0.25) is 0 Å². The molecule has 1 saturated heterocycles. The molecule has 90 valence electrons. The molecule has 0 amide bonds. The molecule has 1 fully saturated rings. The number of hydrogen-bond acceptors (Lipinski definition) is 3. The minimum absolute atomic E-state index is 0.0451. The predicted octanol–water partition coefficient (Wildman–Crippen LogP) is 2.14. The summed E-state index contributed by atoms with van der Waals surface area (Å²) in [6, 6.07) is 10.2. The Morgan fingerprint density at radius 2 is 2.12 bits per heavy atom. The Labute approximate surface area is 103 Å². The van der Waals surface area contributed by atoms with Crippen molar-refractivity contribution in [2.24, 2.45) is 0 Å². The summed E-state index contributed by atoms with van der Waals surface area (Å²) in [5.74, 6) is 0. The Kier molecular flexibility index (Phi) is 3.35. The Balaban J connectivity index is 2.40. The quantitative estimate of drug-likeness (QED) is 0.802. The number of anilines is 1. The molecule has 1 aromatic rings. The van der Waals surface area contributed by atoms with E-state index in [2.05, 4.69) is 30.1 Å². The Morgan fingerprint density at radius 3 is 2.88 bits per heavy atom. The summed E-state index contributed by atoms with van der Waals surface area (Å²) in [7, 11) is 0. The highest BCUT2D eigenvalue weighted by molar-refractivity contribution is 5.60. The lowest BCUT2D eigenvalue weighted by atomic mass is 10.0. The first-order valence-electron chi connectivity index (χ1n) is 6.13. The van der Waals surface area contributed by atoms with Crippen molar-refractivity contribution in [2.75, 3.05) is 24.5 Å². The third-order valence-electron chi connectivity index (χ3n) is 3.34. The van der Waals surface area contributed by atoms with E-state index in [0.717, 1.165) is 37.3 Å². The molecule has 0 bridgehead atoms. The first-order valence-corrected chi connectivity index (χ1v) is 6.13. The fraction of sp³-hybridized carbons (Fsp3) is 0.500. The van der Waals surface area contributed by atoms with Gasteiger partial charge in [-0.2, -0.15) is 5.26 Å². The number of nitriles is 1. The maximum Gasteiger partial charge on any atom is 0.101 e. The Bertz CT molecular complexity index is 431. The molecule has 1 aliphatic rings. The SMILES string of the molecule is CC1(C)CNCCCN1c1ccccc1C#N. The van der Waals surface area contributed by atoms with E-state index in [0.29, 0.717) is 0 Å². The van der Waals surface area contributed by atoms with Gasteiger partial charge in [-0.05, 0) is 38.9 Å². The van der Waals surface area contributed by atoms with Crippen LogP contribution in [-0.4, -0.2) is 25.2 Å². The van der Waals surface area contributed by atoms with E-state index >= 15 is 0 Å². The van der Waals surface area contributed by atoms with Crippen LogP contribution in [0.15, 0.2) is 24.3 Å². The van der Waals surface area contributed by atoms with Gasteiger partial charge >= 0.3 is 0 Å². The second-order valence-corrected chi connectivity index (χ2v) is 5.12. The molecule has 1 N–H and O–H groups in total. The van der Waals surface area contributed by atoms with E-state index in [-0.39, 0.29) is 5.54 Å². The van der Waals surface area contributed by atoms with Crippen LogP contribution >= 0.6 is 0 Å². The highest BCUT2D eigenvalue weighted by Gasteiger charge is 2.29. The first-order chi connectivity index (χ1) is 8.15. The number of rotatable bonds is 1. The second kappa shape index (κ2) is 4.77. The standard InChI is InChI=1S/C14H19N3/c1-14(2)11-16-8-5-9-17(14)13-7-4-3-6-12(13)10-15/h3-4,6-7,16H,5,8-9,11H2,1-2H3. The molecule has 0 aliphatic carbocycles. The molecular weight excluding hydrogens is 210 g/mol. The monoisotopic (exact) mass is 229 g/mol. The molecule has 0 spiro atoms. The van der Waals surface area contributed by atoms with Crippen molar-refractivity contribution in [3.8, 4) is 6.07 Å². The molecule has 1 heterocycles. The van der Waals surface area contributed by atoms with Crippen LogP contribution in [0.3, 0.4) is 0 Å². The lowest BCUT2D eigenvalue weighted by Crippen LogP contribution is -2.49. The van der Waals surface area contributed by atoms with Gasteiger partial charge < -0.3 is 10.2 Å². The third kappa shape index (κ3) is 2.42. The number of benzene rings is 1. The molecule has 1 aromatic carbocycles. The lowest BCUT2D eigenvalue weighted by Gasteiger charge is -2.39. The molecule has 0 aromatic heterocycles. The Hall–Kier alpha value is -1.53. The molecule has 0 radical (unpaired) electrons. The van der Waals surface area contributed by atoms with E-state index in [9.17, 15) is 5.26 Å². The second-order valence-electron chi connectivity index (χ2n) is 5.12. The summed E-state index contributed by atoms with van der Waals surface area (Å²) in [6.45, 7) is 7.44. The van der Waals surface area contributed by atoms with Gasteiger partial charge in [0.1, 0.15) is 6.07 Å². The molecule has 0 saturated carbocycles. The van der Waals surface area contributed by atoms with Crippen LogP contribution in [0.1, 0.15) is 25.8 Å². The summed E-state index contributed by atoms with van der Waals surface area (Å²) in [6.07, 6.45) is 1.11. The summed E-state index contributed by atoms with van der Waals surface area (Å²) in [4.78, 5) is 2.35. The van der Waals surface area contributed by atoms with Gasteiger partial charge in [0, 0.05) is 18.6 Å². The summed E-state index contributed by atoms with van der Waals surface area (Å²) < 4.78 is 0. The zero-order valence-corrected chi connectivity index (χ0v) is 10.5. The first kappa shape index (κ1) is 11.9. The Morgan fingerprint density at radius 1 is 1.35 bits per heavy atom. The zero-order valence-electron chi connectivity index (χ0n) is 10.5. The van der Waals surface area contributed by atoms with Crippen LogP contribution in [-0.2, 0) is 0 Å². The molecular formula is C14H19N3. The fourth-order valence-electron chi connectivity index (χ4n) is 2.40. The maximum absolute atomic E-state index is 9.20. The van der Waals surface area contributed by atoms with E-state index in [1.165, 1.54) is 0 Å². The average molecular weight is 229 g/mol. The van der Waals surface area contributed by atoms with E-state index in [1.807, 2.05) is 24.3 Å². The normalized spacial score (nSPS) is 19.5. The van der Waals surface area contributed by atoms with Gasteiger partial charge in [-0.3, -0.25) is 0 Å².